The molecule has 1 fully saturated rings. The molecule has 1 saturated heterocycles. The largest absolute Gasteiger partial charge is 0.507 e. The molecule has 0 aromatic heterocycles. The lowest BCUT2D eigenvalue weighted by Gasteiger charge is -2.27. The lowest BCUT2D eigenvalue weighted by atomic mass is 9.93. The quantitative estimate of drug-likeness (QED) is 0.342. The highest BCUT2D eigenvalue weighted by molar-refractivity contribution is 6.51. The minimum absolute atomic E-state index is 0.0340. The molecule has 0 aliphatic carbocycles. The molecule has 5 rings (SSSR count). The molecule has 0 spiro atoms. The van der Waals surface area contributed by atoms with Gasteiger partial charge in [0.15, 0.2) is 0 Å². The first-order valence-corrected chi connectivity index (χ1v) is 11.3. The minimum atomic E-state index is -0.842. The molecule has 1 N–H and O–H groups in total. The number of anilines is 1. The maximum Gasteiger partial charge on any atom is 0.300 e. The van der Waals surface area contributed by atoms with E-state index in [0.29, 0.717) is 29.2 Å². The average Bonchev–Trinajstić information content (AvgIpc) is 3.13. The van der Waals surface area contributed by atoms with Gasteiger partial charge in [-0.1, -0.05) is 35.9 Å². The second kappa shape index (κ2) is 8.71. The molecule has 3 aromatic carbocycles. The van der Waals surface area contributed by atoms with Crippen LogP contribution >= 0.6 is 0 Å². The predicted octanol–water partition coefficient (Wildman–Crippen LogP) is 4.95. The van der Waals surface area contributed by atoms with Crippen molar-refractivity contribution in [3.8, 4) is 11.5 Å². The van der Waals surface area contributed by atoms with E-state index in [1.54, 1.807) is 37.4 Å². The van der Waals surface area contributed by atoms with Crippen molar-refractivity contribution in [1.29, 1.82) is 0 Å². The number of para-hydroxylation sites is 1. The number of benzene rings is 3. The van der Waals surface area contributed by atoms with Crippen molar-refractivity contribution < 1.29 is 24.2 Å². The fourth-order valence-corrected chi connectivity index (χ4v) is 4.65. The Kier molecular flexibility index (Phi) is 5.57. The van der Waals surface area contributed by atoms with Gasteiger partial charge in [-0.3, -0.25) is 14.5 Å². The number of aryl methyl sites for hydroxylation is 2. The Balaban J connectivity index is 1.72. The van der Waals surface area contributed by atoms with Crippen molar-refractivity contribution in [1.82, 2.24) is 0 Å². The minimum Gasteiger partial charge on any atom is -0.507 e. The number of nitrogens with zero attached hydrogens (tertiary/aromatic N) is 1. The van der Waals surface area contributed by atoms with Gasteiger partial charge in [-0.05, 0) is 61.7 Å². The van der Waals surface area contributed by atoms with Crippen molar-refractivity contribution in [3.63, 3.8) is 0 Å². The zero-order valence-corrected chi connectivity index (χ0v) is 19.1. The fourth-order valence-electron chi connectivity index (χ4n) is 4.65. The van der Waals surface area contributed by atoms with Crippen LogP contribution in [-0.4, -0.2) is 30.5 Å². The maximum atomic E-state index is 13.4. The lowest BCUT2D eigenvalue weighted by molar-refractivity contribution is -0.132. The number of hydrogen-bond acceptors (Lipinski definition) is 5. The third-order valence-electron chi connectivity index (χ3n) is 6.37. The van der Waals surface area contributed by atoms with E-state index in [0.717, 1.165) is 29.7 Å². The third kappa shape index (κ3) is 3.61. The second-order valence-corrected chi connectivity index (χ2v) is 8.52. The van der Waals surface area contributed by atoms with E-state index in [-0.39, 0.29) is 11.3 Å². The van der Waals surface area contributed by atoms with Gasteiger partial charge in [0.05, 0.1) is 25.3 Å². The van der Waals surface area contributed by atoms with Crippen molar-refractivity contribution in [2.24, 2.45) is 0 Å². The summed E-state index contributed by atoms with van der Waals surface area (Å²) in [4.78, 5) is 28.1. The highest BCUT2D eigenvalue weighted by atomic mass is 16.5. The number of ketones is 1. The lowest BCUT2D eigenvalue weighted by Crippen LogP contribution is -2.29. The molecule has 6 nitrogen and oxygen atoms in total. The molecule has 2 aliphatic heterocycles. The molecule has 2 heterocycles. The van der Waals surface area contributed by atoms with Crippen LogP contribution in [0.15, 0.2) is 72.3 Å². The van der Waals surface area contributed by atoms with E-state index in [9.17, 15) is 14.7 Å². The van der Waals surface area contributed by atoms with Gasteiger partial charge in [-0.2, -0.15) is 0 Å². The Morgan fingerprint density at radius 3 is 2.59 bits per heavy atom. The van der Waals surface area contributed by atoms with Gasteiger partial charge >= 0.3 is 0 Å². The molecular formula is C28H25NO5. The highest BCUT2D eigenvalue weighted by Crippen LogP contribution is 2.45. The molecule has 0 saturated carbocycles. The summed E-state index contributed by atoms with van der Waals surface area (Å²) >= 11 is 0. The maximum absolute atomic E-state index is 13.4. The van der Waals surface area contributed by atoms with Gasteiger partial charge < -0.3 is 14.6 Å². The Morgan fingerprint density at radius 2 is 1.82 bits per heavy atom. The number of ether oxygens (including phenoxy) is 2. The predicted molar refractivity (Wildman–Crippen MR) is 129 cm³/mol. The molecule has 1 unspecified atom stereocenters. The van der Waals surface area contributed by atoms with Gasteiger partial charge in [0, 0.05) is 16.8 Å². The Labute approximate surface area is 198 Å². The first kappa shape index (κ1) is 21.8. The number of carbonyl (C=O) groups excluding carboxylic acids is 2. The highest BCUT2D eigenvalue weighted by Gasteiger charge is 2.47. The second-order valence-electron chi connectivity index (χ2n) is 8.52. The number of aliphatic hydroxyl groups excluding tert-OH is 1. The van der Waals surface area contributed by atoms with Crippen LogP contribution in [0.3, 0.4) is 0 Å². The molecule has 6 heteroatoms. The van der Waals surface area contributed by atoms with Gasteiger partial charge in [-0.25, -0.2) is 0 Å². The zero-order chi connectivity index (χ0) is 23.8. The summed E-state index contributed by atoms with van der Waals surface area (Å²) < 4.78 is 11.3. The van der Waals surface area contributed by atoms with E-state index in [1.807, 2.05) is 43.3 Å². The van der Waals surface area contributed by atoms with Crippen LogP contribution in [0.25, 0.3) is 5.76 Å². The smallest absolute Gasteiger partial charge is 0.300 e. The summed E-state index contributed by atoms with van der Waals surface area (Å²) in [6, 6.07) is 19.1. The van der Waals surface area contributed by atoms with E-state index in [4.69, 9.17) is 9.47 Å². The number of rotatable bonds is 4. The van der Waals surface area contributed by atoms with Crippen molar-refractivity contribution in [2.45, 2.75) is 25.8 Å². The van der Waals surface area contributed by atoms with E-state index in [2.05, 4.69) is 0 Å². The standard InChI is InChI=1S/C28H25NO5/c1-17-9-12-20(13-10-17)29-25(21-7-3-4-8-23(21)33-2)24(27(31)28(29)32)26(30)19-11-14-22-18(16-19)6-5-15-34-22/h3-4,7-14,16,25,30H,5-6,15H2,1-2H3/b26-24+. The molecule has 34 heavy (non-hydrogen) atoms. The van der Waals surface area contributed by atoms with Gasteiger partial charge in [0.1, 0.15) is 17.3 Å². The Hall–Kier alpha value is -4.06. The number of methoxy groups -OCH3 is 1. The number of Topliss-reactive ketones (excluding diaryl/α,β-unsaturated/α-hetero) is 1. The normalized spacial score (nSPS) is 19.0. The molecule has 0 radical (unpaired) electrons. The summed E-state index contributed by atoms with van der Waals surface area (Å²) in [5, 5.41) is 11.4. The Morgan fingerprint density at radius 1 is 1.06 bits per heavy atom. The van der Waals surface area contributed by atoms with Gasteiger partial charge in [0.25, 0.3) is 11.7 Å². The first-order chi connectivity index (χ1) is 16.5. The molecule has 172 valence electrons. The summed E-state index contributed by atoms with van der Waals surface area (Å²) in [6.07, 6.45) is 1.71. The van der Waals surface area contributed by atoms with Crippen LogP contribution in [0.4, 0.5) is 5.69 Å². The van der Waals surface area contributed by atoms with Crippen molar-refractivity contribution >= 4 is 23.1 Å². The summed E-state index contributed by atoms with van der Waals surface area (Å²) in [5.74, 6) is -0.330. The number of carbonyl (C=O) groups is 2. The Bertz CT molecular complexity index is 1310. The van der Waals surface area contributed by atoms with Crippen LogP contribution in [0.2, 0.25) is 0 Å². The molecule has 2 aliphatic rings. The number of hydrogen-bond donors (Lipinski definition) is 1. The van der Waals surface area contributed by atoms with Crippen molar-refractivity contribution in [2.75, 3.05) is 18.6 Å². The topological polar surface area (TPSA) is 76.1 Å². The summed E-state index contributed by atoms with van der Waals surface area (Å²) in [6.45, 7) is 2.61. The summed E-state index contributed by atoms with van der Waals surface area (Å²) in [7, 11) is 1.54. The summed E-state index contributed by atoms with van der Waals surface area (Å²) in [5.41, 5.74) is 3.70. The zero-order valence-electron chi connectivity index (χ0n) is 19.1. The monoisotopic (exact) mass is 455 g/mol. The average molecular weight is 456 g/mol. The van der Waals surface area contributed by atoms with Crippen LogP contribution in [-0.2, 0) is 16.0 Å². The van der Waals surface area contributed by atoms with Crippen LogP contribution in [0.1, 0.15) is 34.7 Å². The van der Waals surface area contributed by atoms with E-state index < -0.39 is 17.7 Å². The number of amides is 1. The molecule has 3 aromatic rings. The number of fused-ring (bicyclic) bond motifs is 1. The fraction of sp³-hybridized carbons (Fsp3) is 0.214. The van der Waals surface area contributed by atoms with Gasteiger partial charge in [0.2, 0.25) is 0 Å². The third-order valence-corrected chi connectivity index (χ3v) is 6.37. The van der Waals surface area contributed by atoms with Crippen LogP contribution in [0.5, 0.6) is 11.5 Å². The number of aliphatic hydroxyl groups is 1. The van der Waals surface area contributed by atoms with E-state index >= 15 is 0 Å². The van der Waals surface area contributed by atoms with Crippen molar-refractivity contribution in [3.05, 3.63) is 94.6 Å². The van der Waals surface area contributed by atoms with E-state index in [1.165, 1.54) is 4.90 Å². The first-order valence-electron chi connectivity index (χ1n) is 11.3. The molecular weight excluding hydrogens is 430 g/mol. The van der Waals surface area contributed by atoms with Crippen LogP contribution in [0, 0.1) is 6.92 Å². The SMILES string of the molecule is COc1ccccc1C1/C(=C(\O)c2ccc3c(c2)CCCO3)C(=O)C(=O)N1c1ccc(C)cc1. The van der Waals surface area contributed by atoms with Crippen LogP contribution < -0.4 is 14.4 Å². The molecule has 1 atom stereocenters. The molecule has 0 bridgehead atoms. The van der Waals surface area contributed by atoms with Gasteiger partial charge in [-0.15, -0.1) is 0 Å². The molecule has 1 amide bonds.